The van der Waals surface area contributed by atoms with Crippen molar-refractivity contribution >= 4 is 23.5 Å². The molecule has 35 heavy (non-hydrogen) atoms. The zero-order chi connectivity index (χ0) is 24.8. The Hall–Kier alpha value is -4.01. The standard InChI is InChI=1S/C26H23ClN4O4/c27-20-13-17(16-6-2-1-3-7-16)9-10-18(20)12-19(14-24(32)26(34)35)29-25(33)23-15-22(30-31-23)21-8-4-5-11-28-21/h1-11,13,15,19,24,32H,12,14H2,(H,29,33)(H,30,31)(H,34,35). The van der Waals surface area contributed by atoms with Gasteiger partial charge in [-0.1, -0.05) is 60.1 Å². The number of hydrogen-bond donors (Lipinski definition) is 4. The molecule has 4 aromatic rings. The van der Waals surface area contributed by atoms with E-state index in [1.54, 1.807) is 24.4 Å². The van der Waals surface area contributed by atoms with Gasteiger partial charge in [0, 0.05) is 23.7 Å². The largest absolute Gasteiger partial charge is 0.479 e. The molecule has 2 aromatic carbocycles. The molecule has 4 rings (SSSR count). The van der Waals surface area contributed by atoms with Gasteiger partial charge in [-0.25, -0.2) is 4.79 Å². The maximum Gasteiger partial charge on any atom is 0.332 e. The minimum absolute atomic E-state index is 0.186. The quantitative estimate of drug-likeness (QED) is 0.281. The number of aromatic amines is 1. The number of carbonyl (C=O) groups is 2. The number of nitrogens with zero attached hydrogens (tertiary/aromatic N) is 2. The van der Waals surface area contributed by atoms with E-state index in [1.807, 2.05) is 54.6 Å². The van der Waals surface area contributed by atoms with Crippen LogP contribution in [-0.4, -0.2) is 49.4 Å². The summed E-state index contributed by atoms with van der Waals surface area (Å²) in [6.45, 7) is 0. The van der Waals surface area contributed by atoms with E-state index in [4.69, 9.17) is 11.6 Å². The number of aliphatic carboxylic acids is 1. The van der Waals surface area contributed by atoms with Gasteiger partial charge in [-0.2, -0.15) is 5.10 Å². The van der Waals surface area contributed by atoms with Crippen molar-refractivity contribution in [1.82, 2.24) is 20.5 Å². The number of aromatic nitrogens is 3. The predicted molar refractivity (Wildman–Crippen MR) is 132 cm³/mol. The van der Waals surface area contributed by atoms with Crippen molar-refractivity contribution in [2.24, 2.45) is 0 Å². The zero-order valence-corrected chi connectivity index (χ0v) is 19.3. The molecule has 4 N–H and O–H groups in total. The second-order valence-corrected chi connectivity index (χ2v) is 8.43. The highest BCUT2D eigenvalue weighted by atomic mass is 35.5. The third-order valence-corrected chi connectivity index (χ3v) is 5.86. The third kappa shape index (κ3) is 6.11. The van der Waals surface area contributed by atoms with E-state index >= 15 is 0 Å². The Morgan fingerprint density at radius 2 is 1.74 bits per heavy atom. The molecule has 0 fully saturated rings. The number of amides is 1. The van der Waals surface area contributed by atoms with Crippen LogP contribution in [0.1, 0.15) is 22.5 Å². The molecule has 2 unspecified atom stereocenters. The molecule has 0 aliphatic carbocycles. The van der Waals surface area contributed by atoms with Gasteiger partial charge in [0.05, 0.1) is 5.69 Å². The zero-order valence-electron chi connectivity index (χ0n) is 18.6. The van der Waals surface area contributed by atoms with E-state index in [1.165, 1.54) is 0 Å². The van der Waals surface area contributed by atoms with Crippen molar-refractivity contribution in [1.29, 1.82) is 0 Å². The number of carboxylic acids is 1. The highest BCUT2D eigenvalue weighted by Crippen LogP contribution is 2.27. The Balaban J connectivity index is 1.52. The van der Waals surface area contributed by atoms with E-state index in [2.05, 4.69) is 20.5 Å². The third-order valence-electron chi connectivity index (χ3n) is 5.50. The average molecular weight is 491 g/mol. The van der Waals surface area contributed by atoms with Crippen molar-refractivity contribution in [2.75, 3.05) is 0 Å². The number of aliphatic hydroxyl groups excluding tert-OH is 1. The van der Waals surface area contributed by atoms with E-state index in [9.17, 15) is 19.8 Å². The first-order valence-corrected chi connectivity index (χ1v) is 11.3. The molecule has 8 nitrogen and oxygen atoms in total. The second kappa shape index (κ2) is 10.9. The number of nitrogens with one attached hydrogen (secondary N) is 2. The lowest BCUT2D eigenvalue weighted by Crippen LogP contribution is -2.40. The lowest BCUT2D eigenvalue weighted by atomic mass is 9.97. The molecule has 0 saturated carbocycles. The summed E-state index contributed by atoms with van der Waals surface area (Å²) >= 11 is 6.53. The van der Waals surface area contributed by atoms with Gasteiger partial charge in [0.2, 0.25) is 0 Å². The summed E-state index contributed by atoms with van der Waals surface area (Å²) in [6.07, 6.45) is 0.0120. The van der Waals surface area contributed by atoms with Crippen LogP contribution in [0.3, 0.4) is 0 Å². The van der Waals surface area contributed by atoms with Crippen LogP contribution >= 0.6 is 11.6 Å². The Morgan fingerprint density at radius 1 is 0.971 bits per heavy atom. The van der Waals surface area contributed by atoms with E-state index < -0.39 is 24.0 Å². The Kier molecular flexibility index (Phi) is 7.54. The SMILES string of the molecule is O=C(NC(Cc1ccc(-c2ccccc2)cc1Cl)CC(O)C(=O)O)c1cc(-c2ccccn2)n[nH]1. The molecule has 178 valence electrons. The lowest BCUT2D eigenvalue weighted by molar-refractivity contribution is -0.147. The summed E-state index contributed by atoms with van der Waals surface area (Å²) in [5.41, 5.74) is 3.95. The molecule has 0 radical (unpaired) electrons. The molecule has 2 aromatic heterocycles. The number of benzene rings is 2. The van der Waals surface area contributed by atoms with Gasteiger partial charge in [0.15, 0.2) is 6.10 Å². The topological polar surface area (TPSA) is 128 Å². The van der Waals surface area contributed by atoms with Crippen LogP contribution in [0.2, 0.25) is 5.02 Å². The summed E-state index contributed by atoms with van der Waals surface area (Å²) in [4.78, 5) is 28.4. The summed E-state index contributed by atoms with van der Waals surface area (Å²) in [5.74, 6) is -1.85. The summed E-state index contributed by atoms with van der Waals surface area (Å²) in [7, 11) is 0. The first-order valence-electron chi connectivity index (χ1n) is 10.9. The number of H-pyrrole nitrogens is 1. The molecule has 0 bridgehead atoms. The van der Waals surface area contributed by atoms with Crippen LogP contribution in [0, 0.1) is 0 Å². The summed E-state index contributed by atoms with van der Waals surface area (Å²) in [6, 6.07) is 21.5. The second-order valence-electron chi connectivity index (χ2n) is 8.02. The molecule has 0 aliphatic heterocycles. The van der Waals surface area contributed by atoms with Crippen LogP contribution in [0.25, 0.3) is 22.5 Å². The predicted octanol–water partition coefficient (Wildman–Crippen LogP) is 3.97. The van der Waals surface area contributed by atoms with Crippen molar-refractivity contribution in [3.8, 4) is 22.5 Å². The first-order chi connectivity index (χ1) is 16.9. The van der Waals surface area contributed by atoms with E-state index in [0.717, 1.165) is 11.1 Å². The van der Waals surface area contributed by atoms with Crippen molar-refractivity contribution in [3.05, 3.63) is 95.3 Å². The highest BCUT2D eigenvalue weighted by molar-refractivity contribution is 6.31. The smallest absolute Gasteiger partial charge is 0.332 e. The maximum absolute atomic E-state index is 12.9. The highest BCUT2D eigenvalue weighted by Gasteiger charge is 2.24. The molecule has 1 amide bonds. The monoisotopic (exact) mass is 490 g/mol. The van der Waals surface area contributed by atoms with Crippen molar-refractivity contribution in [2.45, 2.75) is 25.0 Å². The summed E-state index contributed by atoms with van der Waals surface area (Å²) in [5, 5.41) is 29.2. The Morgan fingerprint density at radius 3 is 2.43 bits per heavy atom. The van der Waals surface area contributed by atoms with Crippen LogP contribution in [0.15, 0.2) is 79.0 Å². The first kappa shape index (κ1) is 24.1. The number of carbonyl (C=O) groups excluding carboxylic acids is 1. The van der Waals surface area contributed by atoms with Gasteiger partial charge >= 0.3 is 5.97 Å². The maximum atomic E-state index is 12.9. The fourth-order valence-corrected chi connectivity index (χ4v) is 3.96. The van der Waals surface area contributed by atoms with Gasteiger partial charge in [0.25, 0.3) is 5.91 Å². The molecular weight excluding hydrogens is 468 g/mol. The molecule has 0 saturated heterocycles. The Bertz CT molecular complexity index is 1310. The number of halogens is 1. The fraction of sp³-hybridized carbons (Fsp3) is 0.154. The molecule has 9 heteroatoms. The minimum Gasteiger partial charge on any atom is -0.479 e. The van der Waals surface area contributed by atoms with Crippen LogP contribution in [0.4, 0.5) is 0 Å². The Labute approximate surface area is 206 Å². The lowest BCUT2D eigenvalue weighted by Gasteiger charge is -2.21. The fourth-order valence-electron chi connectivity index (χ4n) is 3.70. The molecule has 2 heterocycles. The number of carboxylic acid groups (broad SMARTS) is 1. The van der Waals surface area contributed by atoms with Crippen LogP contribution in [0.5, 0.6) is 0 Å². The number of aliphatic hydroxyl groups is 1. The normalized spacial score (nSPS) is 12.6. The number of hydrogen-bond acceptors (Lipinski definition) is 5. The number of pyridine rings is 1. The van der Waals surface area contributed by atoms with Gasteiger partial charge in [0.1, 0.15) is 11.4 Å². The minimum atomic E-state index is -1.64. The van der Waals surface area contributed by atoms with Gasteiger partial charge in [-0.3, -0.25) is 14.9 Å². The van der Waals surface area contributed by atoms with E-state index in [-0.39, 0.29) is 18.5 Å². The molecule has 0 spiro atoms. The van der Waals surface area contributed by atoms with Crippen LogP contribution in [-0.2, 0) is 11.2 Å². The average Bonchev–Trinajstić information content (AvgIpc) is 3.37. The number of rotatable bonds is 9. The van der Waals surface area contributed by atoms with Gasteiger partial charge in [-0.05, 0) is 47.4 Å². The van der Waals surface area contributed by atoms with Crippen LogP contribution < -0.4 is 5.32 Å². The summed E-state index contributed by atoms with van der Waals surface area (Å²) < 4.78 is 0. The molecule has 0 aliphatic rings. The van der Waals surface area contributed by atoms with Gasteiger partial charge in [-0.15, -0.1) is 0 Å². The van der Waals surface area contributed by atoms with Crippen molar-refractivity contribution in [3.63, 3.8) is 0 Å². The van der Waals surface area contributed by atoms with E-state index in [0.29, 0.717) is 22.0 Å². The van der Waals surface area contributed by atoms with Crippen molar-refractivity contribution < 1.29 is 19.8 Å². The van der Waals surface area contributed by atoms with Gasteiger partial charge < -0.3 is 15.5 Å². The molecular formula is C26H23ClN4O4. The molecule has 2 atom stereocenters.